The van der Waals surface area contributed by atoms with Crippen molar-refractivity contribution < 1.29 is 9.59 Å². The molecule has 1 fully saturated rings. The van der Waals surface area contributed by atoms with Crippen molar-refractivity contribution in [2.24, 2.45) is 5.92 Å². The Morgan fingerprint density at radius 2 is 2.31 bits per heavy atom. The molecule has 0 aromatic carbocycles. The first-order valence-corrected chi connectivity index (χ1v) is 5.90. The minimum atomic E-state index is -0.342. The molecule has 1 atom stereocenters. The van der Waals surface area contributed by atoms with Gasteiger partial charge in [0.15, 0.2) is 0 Å². The maximum absolute atomic E-state index is 11.9. The number of carbonyl (C=O) groups is 2. The predicted octanol–water partition coefficient (Wildman–Crippen LogP) is 0.562. The Labute approximate surface area is 96.6 Å². The lowest BCUT2D eigenvalue weighted by molar-refractivity contribution is -0.129. The third-order valence-corrected chi connectivity index (χ3v) is 2.67. The monoisotopic (exact) mass is 227 g/mol. The fourth-order valence-corrected chi connectivity index (χ4v) is 1.91. The first-order chi connectivity index (χ1) is 7.57. The zero-order valence-electron chi connectivity index (χ0n) is 10.2. The van der Waals surface area contributed by atoms with Crippen molar-refractivity contribution in [1.82, 2.24) is 15.5 Å². The summed E-state index contributed by atoms with van der Waals surface area (Å²) in [4.78, 5) is 25.2. The van der Waals surface area contributed by atoms with Crippen LogP contribution in [0.4, 0.5) is 4.79 Å². The Morgan fingerprint density at radius 3 is 2.88 bits per heavy atom. The van der Waals surface area contributed by atoms with Crippen LogP contribution in [-0.2, 0) is 4.79 Å². The van der Waals surface area contributed by atoms with E-state index in [-0.39, 0.29) is 23.9 Å². The van der Waals surface area contributed by atoms with Crippen LogP contribution in [0.1, 0.15) is 27.2 Å². The first-order valence-electron chi connectivity index (χ1n) is 5.90. The Bertz CT molecular complexity index is 266. The third kappa shape index (κ3) is 2.87. The molecule has 1 rings (SSSR count). The molecule has 5 heteroatoms. The van der Waals surface area contributed by atoms with Crippen LogP contribution in [0.3, 0.4) is 0 Å². The smallest absolute Gasteiger partial charge is 0.318 e. The number of carbonyl (C=O) groups excluding carboxylic acids is 2. The lowest BCUT2D eigenvalue weighted by Gasteiger charge is -2.37. The van der Waals surface area contributed by atoms with E-state index in [1.54, 1.807) is 4.90 Å². The molecule has 0 bridgehead atoms. The quantitative estimate of drug-likeness (QED) is 0.740. The lowest BCUT2D eigenvalue weighted by Crippen LogP contribution is -2.61. The highest BCUT2D eigenvalue weighted by atomic mass is 16.2. The minimum Gasteiger partial charge on any atom is -0.353 e. The third-order valence-electron chi connectivity index (χ3n) is 2.67. The van der Waals surface area contributed by atoms with Gasteiger partial charge in [-0.1, -0.05) is 20.8 Å². The molecule has 5 nitrogen and oxygen atoms in total. The highest BCUT2D eigenvalue weighted by Crippen LogP contribution is 2.13. The summed E-state index contributed by atoms with van der Waals surface area (Å²) in [6, 6.07) is -0.471. The Hall–Kier alpha value is -1.26. The molecule has 0 aromatic heterocycles. The summed E-state index contributed by atoms with van der Waals surface area (Å²) >= 11 is 0. The van der Waals surface area contributed by atoms with E-state index in [1.807, 2.05) is 20.8 Å². The van der Waals surface area contributed by atoms with Crippen LogP contribution in [0.25, 0.3) is 0 Å². The second-order valence-corrected chi connectivity index (χ2v) is 4.41. The summed E-state index contributed by atoms with van der Waals surface area (Å²) < 4.78 is 0. The average Bonchev–Trinajstić information content (AvgIpc) is 2.24. The fourth-order valence-electron chi connectivity index (χ4n) is 1.91. The van der Waals surface area contributed by atoms with Crippen LogP contribution in [0.15, 0.2) is 0 Å². The van der Waals surface area contributed by atoms with Crippen molar-refractivity contribution in [2.75, 3.05) is 19.6 Å². The van der Waals surface area contributed by atoms with Gasteiger partial charge < -0.3 is 15.5 Å². The van der Waals surface area contributed by atoms with E-state index in [0.717, 1.165) is 6.42 Å². The molecule has 3 amide bonds. The number of hydrogen-bond donors (Lipinski definition) is 2. The molecule has 92 valence electrons. The van der Waals surface area contributed by atoms with Crippen molar-refractivity contribution in [2.45, 2.75) is 33.2 Å². The van der Waals surface area contributed by atoms with Gasteiger partial charge in [0.25, 0.3) is 0 Å². The number of nitrogens with one attached hydrogen (secondary N) is 2. The minimum absolute atomic E-state index is 0.0482. The van der Waals surface area contributed by atoms with E-state index in [4.69, 9.17) is 0 Å². The molecule has 1 aliphatic heterocycles. The molecule has 0 aromatic rings. The molecule has 2 N–H and O–H groups in total. The van der Waals surface area contributed by atoms with Gasteiger partial charge in [0.05, 0.1) is 0 Å². The van der Waals surface area contributed by atoms with Crippen LogP contribution in [0.5, 0.6) is 0 Å². The topological polar surface area (TPSA) is 61.4 Å². The number of hydrogen-bond acceptors (Lipinski definition) is 2. The first kappa shape index (κ1) is 12.8. The summed E-state index contributed by atoms with van der Waals surface area (Å²) in [7, 11) is 0. The lowest BCUT2D eigenvalue weighted by atomic mass is 10.00. The summed E-state index contributed by atoms with van der Waals surface area (Å²) in [5, 5.41) is 5.61. The van der Waals surface area contributed by atoms with Gasteiger partial charge in [-0.25, -0.2) is 4.79 Å². The normalized spacial score (nSPS) is 20.9. The molecular weight excluding hydrogens is 206 g/mol. The van der Waals surface area contributed by atoms with E-state index < -0.39 is 0 Å². The van der Waals surface area contributed by atoms with Crippen molar-refractivity contribution in [3.05, 3.63) is 0 Å². The molecule has 1 heterocycles. The van der Waals surface area contributed by atoms with Crippen molar-refractivity contribution in [1.29, 1.82) is 0 Å². The zero-order valence-corrected chi connectivity index (χ0v) is 10.2. The number of piperazine rings is 1. The Balaban J connectivity index is 2.67. The molecular formula is C11H21N3O2. The molecule has 0 saturated carbocycles. The van der Waals surface area contributed by atoms with Gasteiger partial charge in [0.1, 0.15) is 6.04 Å². The van der Waals surface area contributed by atoms with E-state index in [0.29, 0.717) is 19.6 Å². The maximum Gasteiger partial charge on any atom is 0.318 e. The second kappa shape index (κ2) is 5.72. The Kier molecular flexibility index (Phi) is 4.58. The molecule has 1 saturated heterocycles. The van der Waals surface area contributed by atoms with Crippen LogP contribution in [-0.4, -0.2) is 42.5 Å². The van der Waals surface area contributed by atoms with Crippen LogP contribution < -0.4 is 10.6 Å². The molecule has 1 aliphatic rings. The number of nitrogens with zero attached hydrogens (tertiary/aromatic N) is 1. The zero-order chi connectivity index (χ0) is 12.1. The number of urea groups is 1. The van der Waals surface area contributed by atoms with Crippen molar-refractivity contribution in [3.63, 3.8) is 0 Å². The van der Waals surface area contributed by atoms with Crippen LogP contribution >= 0.6 is 0 Å². The van der Waals surface area contributed by atoms with Gasteiger partial charge >= 0.3 is 6.03 Å². The molecule has 16 heavy (non-hydrogen) atoms. The molecule has 0 radical (unpaired) electrons. The van der Waals surface area contributed by atoms with E-state index in [9.17, 15) is 9.59 Å². The molecule has 0 aliphatic carbocycles. The summed E-state index contributed by atoms with van der Waals surface area (Å²) in [6.07, 6.45) is 0.901. The molecule has 0 spiro atoms. The Morgan fingerprint density at radius 1 is 1.62 bits per heavy atom. The van der Waals surface area contributed by atoms with E-state index in [2.05, 4.69) is 10.6 Å². The molecule has 1 unspecified atom stereocenters. The van der Waals surface area contributed by atoms with Gasteiger partial charge in [-0.05, 0) is 12.3 Å². The second-order valence-electron chi connectivity index (χ2n) is 4.41. The van der Waals surface area contributed by atoms with E-state index >= 15 is 0 Å². The van der Waals surface area contributed by atoms with Gasteiger partial charge in [-0.3, -0.25) is 4.79 Å². The maximum atomic E-state index is 11.9. The van der Waals surface area contributed by atoms with Crippen molar-refractivity contribution >= 4 is 11.9 Å². The van der Waals surface area contributed by atoms with Gasteiger partial charge in [0, 0.05) is 19.6 Å². The summed E-state index contributed by atoms with van der Waals surface area (Å²) in [5.41, 5.74) is 0. The van der Waals surface area contributed by atoms with Gasteiger partial charge in [-0.2, -0.15) is 0 Å². The number of rotatable bonds is 3. The largest absolute Gasteiger partial charge is 0.353 e. The van der Waals surface area contributed by atoms with Gasteiger partial charge in [0.2, 0.25) is 5.91 Å². The highest BCUT2D eigenvalue weighted by Gasteiger charge is 2.34. The fraction of sp³-hybridized carbons (Fsp3) is 0.818. The highest BCUT2D eigenvalue weighted by molar-refractivity contribution is 5.88. The van der Waals surface area contributed by atoms with Crippen LogP contribution in [0.2, 0.25) is 0 Å². The van der Waals surface area contributed by atoms with Crippen molar-refractivity contribution in [3.8, 4) is 0 Å². The number of amides is 3. The SMILES string of the molecule is CCCNC(=O)N1CCNC(=O)C1C(C)C. The summed E-state index contributed by atoms with van der Waals surface area (Å²) in [6.45, 7) is 7.70. The van der Waals surface area contributed by atoms with Crippen LogP contribution in [0, 0.1) is 5.92 Å². The van der Waals surface area contributed by atoms with E-state index in [1.165, 1.54) is 0 Å². The average molecular weight is 227 g/mol. The summed E-state index contributed by atoms with van der Waals surface area (Å²) in [5.74, 6) is 0.0839. The predicted molar refractivity (Wildman–Crippen MR) is 62.0 cm³/mol. The van der Waals surface area contributed by atoms with Gasteiger partial charge in [-0.15, -0.1) is 0 Å². The standard InChI is InChI=1S/C11H21N3O2/c1-4-5-13-11(16)14-7-6-12-10(15)9(14)8(2)3/h8-9H,4-7H2,1-3H3,(H,12,15)(H,13,16).